The summed E-state index contributed by atoms with van der Waals surface area (Å²) >= 11 is 0. The molecular formula is C22H20N2O3. The summed E-state index contributed by atoms with van der Waals surface area (Å²) in [5.41, 5.74) is 3.62. The second-order valence-electron chi connectivity index (χ2n) is 6.43. The number of nitro benzene ring substituents is 1. The van der Waals surface area contributed by atoms with Gasteiger partial charge in [0.05, 0.1) is 11.0 Å². The Morgan fingerprint density at radius 2 is 1.52 bits per heavy atom. The van der Waals surface area contributed by atoms with Gasteiger partial charge in [0.25, 0.3) is 11.6 Å². The molecule has 0 saturated carbocycles. The minimum absolute atomic E-state index is 0.0609. The first-order valence-corrected chi connectivity index (χ1v) is 8.63. The number of amides is 1. The van der Waals surface area contributed by atoms with E-state index in [0.717, 1.165) is 16.7 Å². The molecule has 136 valence electrons. The van der Waals surface area contributed by atoms with E-state index in [4.69, 9.17) is 0 Å². The number of nitrogens with zero attached hydrogens (tertiary/aromatic N) is 1. The fourth-order valence-corrected chi connectivity index (χ4v) is 3.04. The Kier molecular flexibility index (Phi) is 5.31. The number of hydrogen-bond donors (Lipinski definition) is 1. The molecule has 5 nitrogen and oxygen atoms in total. The van der Waals surface area contributed by atoms with E-state index in [0.29, 0.717) is 11.1 Å². The summed E-state index contributed by atoms with van der Waals surface area (Å²) < 4.78 is 0. The molecule has 3 aromatic carbocycles. The van der Waals surface area contributed by atoms with Gasteiger partial charge in [0.1, 0.15) is 0 Å². The summed E-state index contributed by atoms with van der Waals surface area (Å²) in [4.78, 5) is 23.6. The van der Waals surface area contributed by atoms with Crippen LogP contribution in [0.25, 0.3) is 0 Å². The molecule has 0 unspecified atom stereocenters. The molecule has 0 saturated heterocycles. The maximum absolute atomic E-state index is 12.9. The van der Waals surface area contributed by atoms with Gasteiger partial charge in [-0.15, -0.1) is 0 Å². The molecular weight excluding hydrogens is 340 g/mol. The summed E-state index contributed by atoms with van der Waals surface area (Å²) in [6.45, 7) is 3.60. The monoisotopic (exact) mass is 360 g/mol. The molecule has 3 aromatic rings. The lowest BCUT2D eigenvalue weighted by molar-refractivity contribution is -0.385. The lowest BCUT2D eigenvalue weighted by Gasteiger charge is -2.20. The van der Waals surface area contributed by atoms with E-state index < -0.39 is 4.92 Å². The number of nitrogens with one attached hydrogen (secondary N) is 1. The van der Waals surface area contributed by atoms with E-state index in [-0.39, 0.29) is 17.6 Å². The van der Waals surface area contributed by atoms with Crippen molar-refractivity contribution in [1.29, 1.82) is 0 Å². The second-order valence-corrected chi connectivity index (χ2v) is 6.43. The highest BCUT2D eigenvalue weighted by Crippen LogP contribution is 2.25. The first-order chi connectivity index (χ1) is 13.0. The Morgan fingerprint density at radius 3 is 2.15 bits per heavy atom. The normalized spacial score (nSPS) is 11.6. The second kappa shape index (κ2) is 7.83. The fourth-order valence-electron chi connectivity index (χ4n) is 3.04. The average molecular weight is 360 g/mol. The number of carbonyl (C=O) groups is 1. The smallest absolute Gasteiger partial charge is 0.273 e. The summed E-state index contributed by atoms with van der Waals surface area (Å²) in [5.74, 6) is -0.342. The van der Waals surface area contributed by atoms with Crippen molar-refractivity contribution in [3.05, 3.63) is 111 Å². The van der Waals surface area contributed by atoms with Crippen molar-refractivity contribution in [1.82, 2.24) is 5.32 Å². The Bertz CT molecular complexity index is 967. The Labute approximate surface area is 157 Å². The zero-order chi connectivity index (χ0) is 19.4. The first kappa shape index (κ1) is 18.3. The van der Waals surface area contributed by atoms with Crippen LogP contribution in [0.4, 0.5) is 5.69 Å². The standard InChI is InChI=1S/C22H20N2O3/c1-15-11-13-18(14-12-15)21(17-7-4-3-5-8-17)23-22(25)19-9-6-10-20(16(19)2)24(26)27/h3-14,21H,1-2H3,(H,23,25)/t21-/m1/s1. The molecule has 0 aliphatic carbocycles. The number of rotatable bonds is 5. The minimum Gasteiger partial charge on any atom is -0.341 e. The van der Waals surface area contributed by atoms with Gasteiger partial charge in [-0.3, -0.25) is 14.9 Å². The van der Waals surface area contributed by atoms with Crippen LogP contribution in [-0.2, 0) is 0 Å². The van der Waals surface area contributed by atoms with Gasteiger partial charge in [0.15, 0.2) is 0 Å². The fraction of sp³-hybridized carbons (Fsp3) is 0.136. The quantitative estimate of drug-likeness (QED) is 0.528. The molecule has 0 fully saturated rings. The molecule has 3 rings (SSSR count). The maximum Gasteiger partial charge on any atom is 0.273 e. The summed E-state index contributed by atoms with van der Waals surface area (Å²) in [5, 5.41) is 14.2. The van der Waals surface area contributed by atoms with E-state index in [2.05, 4.69) is 5.32 Å². The lowest BCUT2D eigenvalue weighted by atomic mass is 9.97. The van der Waals surface area contributed by atoms with Crippen molar-refractivity contribution in [2.45, 2.75) is 19.9 Å². The summed E-state index contributed by atoms with van der Waals surface area (Å²) in [6, 6.07) is 21.8. The van der Waals surface area contributed by atoms with E-state index in [1.165, 1.54) is 12.1 Å². The van der Waals surface area contributed by atoms with Gasteiger partial charge in [-0.25, -0.2) is 0 Å². The predicted octanol–water partition coefficient (Wildman–Crippen LogP) is 4.73. The number of benzene rings is 3. The molecule has 27 heavy (non-hydrogen) atoms. The molecule has 0 radical (unpaired) electrons. The van der Waals surface area contributed by atoms with Gasteiger partial charge < -0.3 is 5.32 Å². The zero-order valence-electron chi connectivity index (χ0n) is 15.2. The van der Waals surface area contributed by atoms with Crippen LogP contribution >= 0.6 is 0 Å². The molecule has 1 amide bonds. The van der Waals surface area contributed by atoms with Gasteiger partial charge in [0, 0.05) is 17.2 Å². The molecule has 0 spiro atoms. The summed E-state index contributed by atoms with van der Waals surface area (Å²) in [6.07, 6.45) is 0. The van der Waals surface area contributed by atoms with Crippen LogP contribution in [0, 0.1) is 24.0 Å². The van der Waals surface area contributed by atoms with E-state index >= 15 is 0 Å². The molecule has 0 aromatic heterocycles. The van der Waals surface area contributed by atoms with Gasteiger partial charge >= 0.3 is 0 Å². The molecule has 0 aliphatic rings. The molecule has 0 bridgehead atoms. The summed E-state index contributed by atoms with van der Waals surface area (Å²) in [7, 11) is 0. The van der Waals surface area contributed by atoms with Crippen molar-refractivity contribution >= 4 is 11.6 Å². The SMILES string of the molecule is Cc1ccc([C@H](NC(=O)c2cccc([N+](=O)[O-])c2C)c2ccccc2)cc1. The van der Waals surface area contributed by atoms with Crippen molar-refractivity contribution in [3.63, 3.8) is 0 Å². The third kappa shape index (κ3) is 4.03. The van der Waals surface area contributed by atoms with Gasteiger partial charge in [-0.2, -0.15) is 0 Å². The first-order valence-electron chi connectivity index (χ1n) is 8.63. The van der Waals surface area contributed by atoms with Crippen LogP contribution in [0.1, 0.15) is 38.7 Å². The van der Waals surface area contributed by atoms with E-state index in [1.807, 2.05) is 61.5 Å². The highest BCUT2D eigenvalue weighted by Gasteiger charge is 2.22. The Balaban J connectivity index is 1.98. The van der Waals surface area contributed by atoms with Gasteiger partial charge in [-0.05, 0) is 31.0 Å². The molecule has 1 atom stereocenters. The Morgan fingerprint density at radius 1 is 0.889 bits per heavy atom. The highest BCUT2D eigenvalue weighted by atomic mass is 16.6. The zero-order valence-corrected chi connectivity index (χ0v) is 15.2. The van der Waals surface area contributed by atoms with Crippen LogP contribution in [0.3, 0.4) is 0 Å². The van der Waals surface area contributed by atoms with Gasteiger partial charge in [-0.1, -0.05) is 66.2 Å². The van der Waals surface area contributed by atoms with Crippen LogP contribution in [0.2, 0.25) is 0 Å². The maximum atomic E-state index is 12.9. The van der Waals surface area contributed by atoms with Crippen molar-refractivity contribution in [2.75, 3.05) is 0 Å². The largest absolute Gasteiger partial charge is 0.341 e. The molecule has 5 heteroatoms. The number of hydrogen-bond acceptors (Lipinski definition) is 3. The minimum atomic E-state index is -0.471. The van der Waals surface area contributed by atoms with E-state index in [1.54, 1.807) is 13.0 Å². The number of nitro groups is 1. The third-order valence-electron chi connectivity index (χ3n) is 4.57. The Hall–Kier alpha value is -3.47. The predicted molar refractivity (Wildman–Crippen MR) is 105 cm³/mol. The third-order valence-corrected chi connectivity index (χ3v) is 4.57. The topological polar surface area (TPSA) is 72.2 Å². The van der Waals surface area contributed by atoms with Gasteiger partial charge in [0.2, 0.25) is 0 Å². The number of aryl methyl sites for hydroxylation is 1. The van der Waals surface area contributed by atoms with Crippen LogP contribution < -0.4 is 5.32 Å². The average Bonchev–Trinajstić information content (AvgIpc) is 2.67. The van der Waals surface area contributed by atoms with Crippen molar-refractivity contribution in [2.24, 2.45) is 0 Å². The molecule has 0 aliphatic heterocycles. The molecule has 0 heterocycles. The molecule has 1 N–H and O–H groups in total. The van der Waals surface area contributed by atoms with Crippen molar-refractivity contribution < 1.29 is 9.72 Å². The number of carbonyl (C=O) groups excluding carboxylic acids is 1. The highest BCUT2D eigenvalue weighted by molar-refractivity contribution is 5.97. The van der Waals surface area contributed by atoms with Crippen LogP contribution in [-0.4, -0.2) is 10.8 Å². The van der Waals surface area contributed by atoms with E-state index in [9.17, 15) is 14.9 Å². The van der Waals surface area contributed by atoms with Crippen molar-refractivity contribution in [3.8, 4) is 0 Å². The lowest BCUT2D eigenvalue weighted by Crippen LogP contribution is -2.30. The van der Waals surface area contributed by atoms with Crippen LogP contribution in [0.5, 0.6) is 0 Å². The van der Waals surface area contributed by atoms with Crippen LogP contribution in [0.15, 0.2) is 72.8 Å².